The van der Waals surface area contributed by atoms with Gasteiger partial charge >= 0.3 is 0 Å². The normalized spacial score (nSPS) is 10.5. The van der Waals surface area contributed by atoms with Crippen molar-refractivity contribution in [1.82, 2.24) is 10.2 Å². The minimum Gasteiger partial charge on any atom is -0.485 e. The number of nitrogens with one attached hydrogen (secondary N) is 1. The molecule has 128 valence electrons. The fourth-order valence-corrected chi connectivity index (χ4v) is 3.10. The van der Waals surface area contributed by atoms with Crippen LogP contribution in [0.1, 0.15) is 15.4 Å². The molecule has 1 aromatic heterocycles. The molecule has 1 amide bonds. The van der Waals surface area contributed by atoms with Gasteiger partial charge < -0.3 is 4.74 Å². The van der Waals surface area contributed by atoms with Gasteiger partial charge in [0.15, 0.2) is 5.01 Å². The van der Waals surface area contributed by atoms with Crippen LogP contribution in [0.3, 0.4) is 0 Å². The molecule has 1 heterocycles. The molecule has 2 aromatic carbocycles. The van der Waals surface area contributed by atoms with E-state index in [1.165, 1.54) is 11.3 Å². The van der Waals surface area contributed by atoms with E-state index in [1.807, 2.05) is 0 Å². The number of nitrogens with zero attached hydrogens (tertiary/aromatic N) is 2. The Morgan fingerprint density at radius 3 is 2.48 bits per heavy atom. The lowest BCUT2D eigenvalue weighted by Crippen LogP contribution is -2.11. The van der Waals surface area contributed by atoms with Gasteiger partial charge in [-0.25, -0.2) is 0 Å². The average molecular weight is 415 g/mol. The molecule has 0 saturated carbocycles. The summed E-state index contributed by atoms with van der Waals surface area (Å²) in [6.45, 7) is 0.176. The van der Waals surface area contributed by atoms with E-state index in [-0.39, 0.29) is 12.5 Å². The summed E-state index contributed by atoms with van der Waals surface area (Å²) in [5.74, 6) is 0.203. The molecule has 3 rings (SSSR count). The highest BCUT2D eigenvalue weighted by Crippen LogP contribution is 2.28. The topological polar surface area (TPSA) is 64.1 Å². The Morgan fingerprint density at radius 1 is 1.04 bits per heavy atom. The number of carbonyl (C=O) groups is 1. The van der Waals surface area contributed by atoms with Gasteiger partial charge in [-0.15, -0.1) is 10.2 Å². The Balaban J connectivity index is 1.60. The van der Waals surface area contributed by atoms with Gasteiger partial charge in [0.25, 0.3) is 5.91 Å². The highest BCUT2D eigenvalue weighted by Gasteiger charge is 2.11. The van der Waals surface area contributed by atoms with Crippen molar-refractivity contribution >= 4 is 57.2 Å². The first-order chi connectivity index (χ1) is 12.0. The minimum absolute atomic E-state index is 0.176. The van der Waals surface area contributed by atoms with E-state index < -0.39 is 0 Å². The van der Waals surface area contributed by atoms with Crippen LogP contribution >= 0.6 is 46.1 Å². The van der Waals surface area contributed by atoms with Crippen LogP contribution in [0.5, 0.6) is 5.75 Å². The van der Waals surface area contributed by atoms with Crippen LogP contribution in [0.4, 0.5) is 5.13 Å². The van der Waals surface area contributed by atoms with E-state index >= 15 is 0 Å². The maximum absolute atomic E-state index is 12.1. The Bertz CT molecular complexity index is 900. The Morgan fingerprint density at radius 2 is 1.76 bits per heavy atom. The summed E-state index contributed by atoms with van der Waals surface area (Å²) in [5.41, 5.74) is 0.477. The van der Waals surface area contributed by atoms with Gasteiger partial charge in [-0.05, 0) is 42.5 Å². The molecule has 0 spiro atoms. The van der Waals surface area contributed by atoms with Gasteiger partial charge in [-0.3, -0.25) is 10.1 Å². The summed E-state index contributed by atoms with van der Waals surface area (Å²) in [6.07, 6.45) is 0. The first kappa shape index (κ1) is 17.9. The predicted octanol–water partition coefficient (Wildman–Crippen LogP) is 5.33. The Labute approximate surface area is 162 Å². The monoisotopic (exact) mass is 413 g/mol. The molecule has 1 N–H and O–H groups in total. The molecule has 0 aliphatic heterocycles. The number of rotatable bonds is 5. The number of amides is 1. The van der Waals surface area contributed by atoms with Crippen molar-refractivity contribution in [2.45, 2.75) is 6.61 Å². The van der Waals surface area contributed by atoms with Crippen molar-refractivity contribution in [3.63, 3.8) is 0 Å². The maximum atomic E-state index is 12.1. The number of aromatic nitrogens is 2. The highest BCUT2D eigenvalue weighted by atomic mass is 35.5. The molecule has 0 radical (unpaired) electrons. The standard InChI is InChI=1S/C16H10Cl3N3O2S/c17-10-3-1-9(2-4-10)15(23)20-16-22-21-14(25-16)8-24-13-6-5-11(18)7-12(13)19/h1-7H,8H2,(H,20,22,23). The van der Waals surface area contributed by atoms with Gasteiger partial charge in [-0.2, -0.15) is 0 Å². The zero-order valence-corrected chi connectivity index (χ0v) is 15.6. The maximum Gasteiger partial charge on any atom is 0.257 e. The van der Waals surface area contributed by atoms with Crippen LogP contribution < -0.4 is 10.1 Å². The molecule has 0 saturated heterocycles. The van der Waals surface area contributed by atoms with E-state index in [0.29, 0.717) is 36.5 Å². The first-order valence-corrected chi connectivity index (χ1v) is 8.93. The van der Waals surface area contributed by atoms with E-state index in [0.717, 1.165) is 0 Å². The molecule has 3 aromatic rings. The van der Waals surface area contributed by atoms with E-state index in [1.54, 1.807) is 42.5 Å². The van der Waals surface area contributed by atoms with Crippen molar-refractivity contribution in [2.24, 2.45) is 0 Å². The predicted molar refractivity (Wildman–Crippen MR) is 100 cm³/mol. The van der Waals surface area contributed by atoms with Crippen LogP contribution in [0, 0.1) is 0 Å². The second-order valence-corrected chi connectivity index (χ2v) is 7.17. The molecule has 0 atom stereocenters. The SMILES string of the molecule is O=C(Nc1nnc(COc2ccc(Cl)cc2Cl)s1)c1ccc(Cl)cc1. The lowest BCUT2D eigenvalue weighted by molar-refractivity contribution is 0.102. The Hall–Kier alpha value is -1.86. The number of anilines is 1. The van der Waals surface area contributed by atoms with Crippen LogP contribution in [0.2, 0.25) is 15.1 Å². The summed E-state index contributed by atoms with van der Waals surface area (Å²) in [5, 5.41) is 13.1. The molecule has 9 heteroatoms. The molecule has 0 bridgehead atoms. The lowest BCUT2D eigenvalue weighted by Gasteiger charge is -2.05. The third kappa shape index (κ3) is 4.83. The van der Waals surface area contributed by atoms with Crippen LogP contribution in [0.15, 0.2) is 42.5 Å². The van der Waals surface area contributed by atoms with Crippen molar-refractivity contribution in [3.8, 4) is 5.75 Å². The van der Waals surface area contributed by atoms with Gasteiger partial charge in [0.2, 0.25) is 5.13 Å². The quantitative estimate of drug-likeness (QED) is 0.613. The lowest BCUT2D eigenvalue weighted by atomic mass is 10.2. The van der Waals surface area contributed by atoms with E-state index in [2.05, 4.69) is 15.5 Å². The molecular formula is C16H10Cl3N3O2S. The fraction of sp³-hybridized carbons (Fsp3) is 0.0625. The molecule has 0 fully saturated rings. The number of halogens is 3. The largest absolute Gasteiger partial charge is 0.485 e. The third-order valence-electron chi connectivity index (χ3n) is 3.04. The van der Waals surface area contributed by atoms with E-state index in [4.69, 9.17) is 39.5 Å². The molecule has 25 heavy (non-hydrogen) atoms. The zero-order valence-electron chi connectivity index (χ0n) is 12.5. The number of hydrogen-bond acceptors (Lipinski definition) is 5. The van der Waals surface area contributed by atoms with Gasteiger partial charge in [0.05, 0.1) is 5.02 Å². The summed E-state index contributed by atoms with van der Waals surface area (Å²) >= 11 is 18.9. The number of hydrogen-bond donors (Lipinski definition) is 1. The molecular weight excluding hydrogens is 405 g/mol. The van der Waals surface area contributed by atoms with Crippen LogP contribution in [-0.4, -0.2) is 16.1 Å². The summed E-state index contributed by atoms with van der Waals surface area (Å²) in [6, 6.07) is 11.5. The first-order valence-electron chi connectivity index (χ1n) is 6.98. The fourth-order valence-electron chi connectivity index (χ4n) is 1.86. The molecule has 5 nitrogen and oxygen atoms in total. The number of ether oxygens (including phenoxy) is 1. The molecule has 0 unspecified atom stereocenters. The average Bonchev–Trinajstić information content (AvgIpc) is 3.02. The summed E-state index contributed by atoms with van der Waals surface area (Å²) < 4.78 is 5.58. The Kier molecular flexibility index (Phi) is 5.75. The van der Waals surface area contributed by atoms with Crippen LogP contribution in [0.25, 0.3) is 0 Å². The van der Waals surface area contributed by atoms with Gasteiger partial charge in [-0.1, -0.05) is 46.1 Å². The molecule has 0 aliphatic rings. The second-order valence-electron chi connectivity index (χ2n) is 4.83. The number of carbonyl (C=O) groups excluding carboxylic acids is 1. The van der Waals surface area contributed by atoms with Gasteiger partial charge in [0, 0.05) is 15.6 Å². The van der Waals surface area contributed by atoms with Crippen molar-refractivity contribution < 1.29 is 9.53 Å². The van der Waals surface area contributed by atoms with Crippen molar-refractivity contribution in [1.29, 1.82) is 0 Å². The smallest absolute Gasteiger partial charge is 0.257 e. The van der Waals surface area contributed by atoms with Crippen LogP contribution in [-0.2, 0) is 6.61 Å². The summed E-state index contributed by atoms with van der Waals surface area (Å²) in [7, 11) is 0. The number of benzene rings is 2. The third-order valence-corrected chi connectivity index (χ3v) is 4.63. The van der Waals surface area contributed by atoms with Gasteiger partial charge in [0.1, 0.15) is 12.4 Å². The van der Waals surface area contributed by atoms with Crippen molar-refractivity contribution in [3.05, 3.63) is 68.1 Å². The second kappa shape index (κ2) is 8.01. The minimum atomic E-state index is -0.291. The van der Waals surface area contributed by atoms with E-state index in [9.17, 15) is 4.79 Å². The highest BCUT2D eigenvalue weighted by molar-refractivity contribution is 7.15. The van der Waals surface area contributed by atoms with Crippen molar-refractivity contribution in [2.75, 3.05) is 5.32 Å². The molecule has 0 aliphatic carbocycles. The summed E-state index contributed by atoms with van der Waals surface area (Å²) in [4.78, 5) is 12.1. The zero-order chi connectivity index (χ0) is 17.8.